The Morgan fingerprint density at radius 2 is 1.76 bits per heavy atom. The van der Waals surface area contributed by atoms with E-state index in [0.717, 1.165) is 64.6 Å². The van der Waals surface area contributed by atoms with Crippen molar-refractivity contribution in [2.75, 3.05) is 18.4 Å². The summed E-state index contributed by atoms with van der Waals surface area (Å²) in [6.45, 7) is 3.28. The Morgan fingerprint density at radius 1 is 0.971 bits per heavy atom. The molecule has 0 amide bonds. The molecule has 180 valence electrons. The largest absolute Gasteiger partial charge is 0.366 e. The molecule has 3 fully saturated rings. The van der Waals surface area contributed by atoms with Crippen LogP contribution in [0, 0.1) is 11.8 Å². The first-order valence-electron chi connectivity index (χ1n) is 12.7. The van der Waals surface area contributed by atoms with Gasteiger partial charge in [0.15, 0.2) is 14.9 Å². The fourth-order valence-electron chi connectivity index (χ4n) is 6.41. The third kappa shape index (κ3) is 4.33. The summed E-state index contributed by atoms with van der Waals surface area (Å²) in [5.41, 5.74) is 2.57. The van der Waals surface area contributed by atoms with E-state index in [9.17, 15) is 8.42 Å². The first-order valence-corrected chi connectivity index (χ1v) is 14.2. The monoisotopic (exact) mass is 479 g/mol. The van der Waals surface area contributed by atoms with E-state index >= 15 is 0 Å². The zero-order valence-electron chi connectivity index (χ0n) is 19.5. The maximum absolute atomic E-state index is 12.9. The molecular weight excluding hydrogens is 446 g/mol. The zero-order chi connectivity index (χ0) is 23.1. The van der Waals surface area contributed by atoms with Crippen molar-refractivity contribution in [3.05, 3.63) is 48.2 Å². The number of anilines is 1. The molecule has 2 aromatic heterocycles. The highest BCUT2D eigenvalue weighted by Gasteiger charge is 2.41. The first-order chi connectivity index (χ1) is 16.5. The van der Waals surface area contributed by atoms with Crippen molar-refractivity contribution in [1.29, 1.82) is 0 Å². The van der Waals surface area contributed by atoms with Crippen LogP contribution >= 0.6 is 0 Å². The second kappa shape index (κ2) is 8.96. The van der Waals surface area contributed by atoms with Gasteiger partial charge in [0.2, 0.25) is 0 Å². The van der Waals surface area contributed by atoms with Crippen molar-refractivity contribution >= 4 is 26.6 Å². The number of hydrogen-bond donors (Lipinski definition) is 2. The van der Waals surface area contributed by atoms with Crippen LogP contribution in [0.5, 0.6) is 0 Å². The van der Waals surface area contributed by atoms with E-state index in [1.165, 1.54) is 16.5 Å². The number of nitrogens with zero attached hydrogens (tertiary/aromatic N) is 3. The van der Waals surface area contributed by atoms with Gasteiger partial charge in [-0.05, 0) is 78.8 Å². The van der Waals surface area contributed by atoms with E-state index in [0.29, 0.717) is 23.7 Å². The van der Waals surface area contributed by atoms with Crippen LogP contribution in [0.25, 0.3) is 10.9 Å². The van der Waals surface area contributed by atoms with Crippen LogP contribution in [0.3, 0.4) is 0 Å². The van der Waals surface area contributed by atoms with Gasteiger partial charge in [-0.1, -0.05) is 25.3 Å². The van der Waals surface area contributed by atoms with E-state index in [-0.39, 0.29) is 10.3 Å². The zero-order valence-corrected chi connectivity index (χ0v) is 20.3. The molecule has 2 aliphatic carbocycles. The summed E-state index contributed by atoms with van der Waals surface area (Å²) in [6.07, 6.45) is 8.84. The van der Waals surface area contributed by atoms with Gasteiger partial charge in [0.1, 0.15) is 5.82 Å². The fraction of sp³-hybridized carbons (Fsp3) is 0.538. The number of likely N-dealkylation sites (tertiary alicyclic amines) is 1. The average Bonchev–Trinajstić information content (AvgIpc) is 3.55. The predicted octanol–water partition coefficient (Wildman–Crippen LogP) is 4.39. The molecule has 0 radical (unpaired) electrons. The summed E-state index contributed by atoms with van der Waals surface area (Å²) in [6, 6.07) is 12.6. The fourth-order valence-corrected chi connectivity index (χ4v) is 8.12. The minimum atomic E-state index is -3.37. The van der Waals surface area contributed by atoms with Crippen molar-refractivity contribution in [2.24, 2.45) is 11.8 Å². The number of nitrogens with one attached hydrogen (secondary N) is 2. The third-order valence-electron chi connectivity index (χ3n) is 8.13. The molecule has 1 saturated heterocycles. The van der Waals surface area contributed by atoms with E-state index in [1.807, 2.05) is 6.20 Å². The Labute approximate surface area is 201 Å². The summed E-state index contributed by atoms with van der Waals surface area (Å²) >= 11 is 0. The molecule has 6 rings (SSSR count). The van der Waals surface area contributed by atoms with E-state index < -0.39 is 9.84 Å². The van der Waals surface area contributed by atoms with E-state index in [4.69, 9.17) is 0 Å². The topological polar surface area (TPSA) is 91.0 Å². The van der Waals surface area contributed by atoms with Gasteiger partial charge in [-0.3, -0.25) is 4.90 Å². The molecule has 1 unspecified atom stereocenters. The number of sulfone groups is 1. The van der Waals surface area contributed by atoms with Crippen molar-refractivity contribution in [2.45, 2.75) is 67.8 Å². The molecule has 8 heteroatoms. The molecule has 1 aromatic carbocycles. The Kier molecular flexibility index (Phi) is 5.81. The predicted molar refractivity (Wildman–Crippen MR) is 133 cm³/mol. The van der Waals surface area contributed by atoms with Crippen molar-refractivity contribution in [1.82, 2.24) is 20.1 Å². The molecule has 0 spiro atoms. The van der Waals surface area contributed by atoms with Crippen LogP contribution in [0.15, 0.2) is 47.6 Å². The molecule has 3 atom stereocenters. The number of aromatic nitrogens is 3. The minimum Gasteiger partial charge on any atom is -0.366 e. The summed E-state index contributed by atoms with van der Waals surface area (Å²) in [7, 11) is -3.37. The number of fused-ring (bicyclic) bond motifs is 2. The maximum Gasteiger partial charge on any atom is 0.200 e. The van der Waals surface area contributed by atoms with Crippen molar-refractivity contribution in [3.63, 3.8) is 0 Å². The number of aromatic amines is 1. The summed E-state index contributed by atoms with van der Waals surface area (Å²) < 4.78 is 25.7. The lowest BCUT2D eigenvalue weighted by Crippen LogP contribution is -2.26. The lowest BCUT2D eigenvalue weighted by molar-refractivity contribution is 0.301. The van der Waals surface area contributed by atoms with Crippen molar-refractivity contribution < 1.29 is 8.42 Å². The molecule has 0 bridgehead atoms. The smallest absolute Gasteiger partial charge is 0.200 e. The number of H-pyrrole nitrogens is 1. The summed E-state index contributed by atoms with van der Waals surface area (Å²) in [4.78, 5) is 5.85. The van der Waals surface area contributed by atoms with E-state index in [2.05, 4.69) is 49.7 Å². The van der Waals surface area contributed by atoms with Gasteiger partial charge >= 0.3 is 0 Å². The van der Waals surface area contributed by atoms with Gasteiger partial charge in [-0.2, -0.15) is 0 Å². The second-order valence-electron chi connectivity index (χ2n) is 10.5. The van der Waals surface area contributed by atoms with Gasteiger partial charge in [0.25, 0.3) is 0 Å². The van der Waals surface area contributed by atoms with Crippen LogP contribution in [0.2, 0.25) is 0 Å². The van der Waals surface area contributed by atoms with Crippen LogP contribution in [0.1, 0.15) is 50.5 Å². The molecule has 2 N–H and O–H groups in total. The Bertz CT molecular complexity index is 1240. The van der Waals surface area contributed by atoms with Gasteiger partial charge in [0, 0.05) is 37.4 Å². The van der Waals surface area contributed by atoms with Gasteiger partial charge in [-0.25, -0.2) is 8.42 Å². The van der Waals surface area contributed by atoms with Gasteiger partial charge < -0.3 is 10.3 Å². The Balaban J connectivity index is 1.03. The highest BCUT2D eigenvalue weighted by molar-refractivity contribution is 7.92. The molecule has 7 nitrogen and oxygen atoms in total. The molecule has 3 aliphatic rings. The standard InChI is InChI=1S/C26H33N5O2S/c32-34(33,23-4-2-1-3-5-23)26-9-8-25(29-30-26)28-22-13-20-16-31(17-21(20)14-22)15-18-6-7-24-19(12-18)10-11-27-24/h6-12,20-23,27H,1-5,13-17H2,(H,28,29)/t20-,21+,22?. The highest BCUT2D eigenvalue weighted by Crippen LogP contribution is 2.39. The summed E-state index contributed by atoms with van der Waals surface area (Å²) in [5, 5.41) is 13.0. The lowest BCUT2D eigenvalue weighted by Gasteiger charge is -2.21. The lowest BCUT2D eigenvalue weighted by atomic mass is 10.0. The molecule has 34 heavy (non-hydrogen) atoms. The third-order valence-corrected chi connectivity index (χ3v) is 10.3. The molecule has 1 aliphatic heterocycles. The van der Waals surface area contributed by atoms with Crippen LogP contribution in [-0.4, -0.2) is 52.9 Å². The molecule has 3 heterocycles. The highest BCUT2D eigenvalue weighted by atomic mass is 32.2. The number of rotatable bonds is 6. The summed E-state index contributed by atoms with van der Waals surface area (Å²) in [5.74, 6) is 2.09. The SMILES string of the molecule is O=S(=O)(c1ccc(NC2C[C@@H]3CN(Cc4ccc5[nH]ccc5c4)C[C@@H]3C2)nn1)C1CCCCC1. The van der Waals surface area contributed by atoms with Crippen LogP contribution in [-0.2, 0) is 16.4 Å². The second-order valence-corrected chi connectivity index (χ2v) is 12.7. The van der Waals surface area contributed by atoms with Crippen LogP contribution < -0.4 is 5.32 Å². The molecular formula is C26H33N5O2S. The maximum atomic E-state index is 12.9. The molecule has 3 aromatic rings. The van der Waals surface area contributed by atoms with Crippen molar-refractivity contribution in [3.8, 4) is 0 Å². The Hall–Kier alpha value is -2.45. The van der Waals surface area contributed by atoms with Gasteiger partial charge in [0.05, 0.1) is 5.25 Å². The van der Waals surface area contributed by atoms with Gasteiger partial charge in [-0.15, -0.1) is 10.2 Å². The normalized spacial score (nSPS) is 26.2. The number of hydrogen-bond acceptors (Lipinski definition) is 6. The van der Waals surface area contributed by atoms with E-state index in [1.54, 1.807) is 12.1 Å². The minimum absolute atomic E-state index is 0.127. The van der Waals surface area contributed by atoms with Crippen LogP contribution in [0.4, 0.5) is 5.82 Å². The average molecular weight is 480 g/mol. The quantitative estimate of drug-likeness (QED) is 0.545. The first kappa shape index (κ1) is 22.0. The Morgan fingerprint density at radius 3 is 2.50 bits per heavy atom. The number of benzene rings is 1. The molecule has 2 saturated carbocycles.